The molecule has 30 heavy (non-hydrogen) atoms. The van der Waals surface area contributed by atoms with E-state index in [1.165, 1.54) is 39.0 Å². The number of nitrogens with zero attached hydrogens (tertiary/aromatic N) is 2. The Morgan fingerprint density at radius 1 is 1.20 bits per heavy atom. The zero-order chi connectivity index (χ0) is 21.7. The molecule has 1 heterocycles. The lowest BCUT2D eigenvalue weighted by Gasteiger charge is -2.25. The van der Waals surface area contributed by atoms with E-state index in [1.807, 2.05) is 12.1 Å². The monoisotopic (exact) mass is 430 g/mol. The third-order valence-corrected chi connectivity index (χ3v) is 6.71. The third-order valence-electron chi connectivity index (χ3n) is 5.85. The molecule has 7 heteroatoms. The molecule has 6 nitrogen and oxygen atoms in total. The van der Waals surface area contributed by atoms with Gasteiger partial charge in [-0.1, -0.05) is 36.4 Å². The summed E-state index contributed by atoms with van der Waals surface area (Å²) in [5.41, 5.74) is 3.89. The number of carbonyl (C=O) groups is 1. The van der Waals surface area contributed by atoms with Gasteiger partial charge in [-0.2, -0.15) is 0 Å². The summed E-state index contributed by atoms with van der Waals surface area (Å²) in [6, 6.07) is 15.6. The van der Waals surface area contributed by atoms with E-state index in [9.17, 15) is 13.6 Å². The molecule has 0 radical (unpaired) electrons. The highest BCUT2D eigenvalue weighted by Gasteiger charge is 2.26. The van der Waals surface area contributed by atoms with Crippen molar-refractivity contribution in [3.05, 3.63) is 54.1 Å². The molecule has 0 saturated carbocycles. The molecule has 0 aromatic heterocycles. The maximum Gasteiger partial charge on any atom is 0.329 e. The van der Waals surface area contributed by atoms with Crippen LogP contribution in [0.3, 0.4) is 0 Å². The Morgan fingerprint density at radius 3 is 2.30 bits per heavy atom. The summed E-state index contributed by atoms with van der Waals surface area (Å²) in [5, 5.41) is 0. The van der Waals surface area contributed by atoms with Gasteiger partial charge in [-0.05, 0) is 68.5 Å². The van der Waals surface area contributed by atoms with Crippen LogP contribution in [0.1, 0.15) is 32.3 Å². The first kappa shape index (κ1) is 22.5. The lowest BCUT2D eigenvalue weighted by molar-refractivity contribution is -0.141. The molecule has 1 N–H and O–H groups in total. The van der Waals surface area contributed by atoms with Crippen LogP contribution in [0, 0.1) is 0 Å². The predicted octanol–water partition coefficient (Wildman–Crippen LogP) is 3.89. The van der Waals surface area contributed by atoms with Gasteiger partial charge in [0.2, 0.25) is 0 Å². The molecule has 1 aliphatic heterocycles. The Bertz CT molecular complexity index is 870. The van der Waals surface area contributed by atoms with E-state index in [0.717, 1.165) is 28.4 Å². The lowest BCUT2D eigenvalue weighted by Crippen LogP contribution is -2.40. The van der Waals surface area contributed by atoms with Crippen LogP contribution in [-0.4, -0.2) is 51.9 Å². The van der Waals surface area contributed by atoms with Crippen LogP contribution in [0.2, 0.25) is 0 Å². The molecule has 0 bridgehead atoms. The van der Waals surface area contributed by atoms with E-state index < -0.39 is 23.3 Å². The molecule has 0 aliphatic carbocycles. The minimum Gasteiger partial charge on any atom is -0.467 e. The average molecular weight is 431 g/mol. The second-order valence-corrected chi connectivity index (χ2v) is 8.63. The molecule has 162 valence electrons. The van der Waals surface area contributed by atoms with E-state index in [1.54, 1.807) is 12.1 Å². The van der Waals surface area contributed by atoms with Gasteiger partial charge in [-0.25, -0.2) is 9.00 Å². The highest BCUT2D eigenvalue weighted by molar-refractivity contribution is 7.80. The van der Waals surface area contributed by atoms with Crippen LogP contribution in [0.5, 0.6) is 0 Å². The molecular formula is C23H30N2O4S. The Hall–Kier alpha value is -2.22. The first-order chi connectivity index (χ1) is 14.4. The van der Waals surface area contributed by atoms with Crippen LogP contribution in [0.15, 0.2) is 48.5 Å². The van der Waals surface area contributed by atoms with Crippen molar-refractivity contribution in [2.75, 3.05) is 24.5 Å². The van der Waals surface area contributed by atoms with Crippen molar-refractivity contribution >= 4 is 22.9 Å². The quantitative estimate of drug-likeness (QED) is 0.508. The molecule has 3 rings (SSSR count). The van der Waals surface area contributed by atoms with Crippen LogP contribution in [-0.2, 0) is 27.2 Å². The zero-order valence-corrected chi connectivity index (χ0v) is 18.6. The summed E-state index contributed by atoms with van der Waals surface area (Å²) in [4.78, 5) is 14.3. The van der Waals surface area contributed by atoms with E-state index in [4.69, 9.17) is 4.74 Å². The van der Waals surface area contributed by atoms with Crippen LogP contribution < -0.4 is 4.31 Å². The summed E-state index contributed by atoms with van der Waals surface area (Å²) in [6.45, 7) is 6.15. The van der Waals surface area contributed by atoms with Gasteiger partial charge < -0.3 is 9.64 Å². The predicted molar refractivity (Wildman–Crippen MR) is 121 cm³/mol. The van der Waals surface area contributed by atoms with Crippen molar-refractivity contribution in [3.63, 3.8) is 0 Å². The summed E-state index contributed by atoms with van der Waals surface area (Å²) in [7, 11) is 1.26. The van der Waals surface area contributed by atoms with Crippen molar-refractivity contribution < 1.29 is 18.3 Å². The summed E-state index contributed by atoms with van der Waals surface area (Å²) >= 11 is -2.34. The van der Waals surface area contributed by atoms with Crippen LogP contribution in [0.4, 0.5) is 5.69 Å². The van der Waals surface area contributed by atoms with Gasteiger partial charge in [0.05, 0.1) is 12.8 Å². The average Bonchev–Trinajstić information content (AvgIpc) is 3.17. The van der Waals surface area contributed by atoms with Gasteiger partial charge >= 0.3 is 5.97 Å². The van der Waals surface area contributed by atoms with Crippen LogP contribution in [0.25, 0.3) is 11.1 Å². The maximum atomic E-state index is 11.8. The Morgan fingerprint density at radius 2 is 1.80 bits per heavy atom. The van der Waals surface area contributed by atoms with Gasteiger partial charge in [0.1, 0.15) is 6.04 Å². The zero-order valence-electron chi connectivity index (χ0n) is 17.8. The fourth-order valence-corrected chi connectivity index (χ4v) is 4.64. The molecule has 1 saturated heterocycles. The van der Waals surface area contributed by atoms with Gasteiger partial charge in [-0.15, -0.1) is 0 Å². The number of carbonyl (C=O) groups excluding carboxylic acids is 1. The summed E-state index contributed by atoms with van der Waals surface area (Å²) < 4.78 is 27.2. The molecule has 2 aromatic rings. The largest absolute Gasteiger partial charge is 0.467 e. The molecule has 3 unspecified atom stereocenters. The van der Waals surface area contributed by atoms with Crippen molar-refractivity contribution in [3.8, 4) is 11.1 Å². The number of ether oxygens (including phenoxy) is 1. The van der Waals surface area contributed by atoms with Crippen LogP contribution >= 0.6 is 0 Å². The molecule has 0 amide bonds. The highest BCUT2D eigenvalue weighted by Crippen LogP contribution is 2.26. The molecule has 0 spiro atoms. The minimum absolute atomic E-state index is 0.480. The smallest absolute Gasteiger partial charge is 0.329 e. The number of likely N-dealkylation sites (tertiary alicyclic amines) is 1. The molecule has 2 aromatic carbocycles. The number of hydrogen-bond donors (Lipinski definition) is 1. The van der Waals surface area contributed by atoms with E-state index >= 15 is 0 Å². The van der Waals surface area contributed by atoms with Gasteiger partial charge in [0.15, 0.2) is 0 Å². The SMILES string of the molecule is COC(=O)C(C)N(c1ccc(-c2ccc(CCN3CCCC3C)cc2)cc1)S(=O)O. The number of anilines is 1. The standard InChI is InChI=1S/C23H30N2O4S/c1-17-5-4-15-24(17)16-14-19-6-8-20(9-7-19)21-10-12-22(13-11-21)25(30(27)28)18(2)23(26)29-3/h6-13,17-18H,4-5,14-16H2,1-3H3,(H,27,28). The molecular weight excluding hydrogens is 400 g/mol. The first-order valence-electron chi connectivity index (χ1n) is 10.3. The van der Waals surface area contributed by atoms with Crippen molar-refractivity contribution in [2.24, 2.45) is 0 Å². The third kappa shape index (κ3) is 5.28. The van der Waals surface area contributed by atoms with E-state index in [-0.39, 0.29) is 0 Å². The van der Waals surface area contributed by atoms with E-state index in [0.29, 0.717) is 11.7 Å². The number of benzene rings is 2. The Kier molecular flexibility index (Phi) is 7.64. The fourth-order valence-electron chi connectivity index (χ4n) is 3.98. The fraction of sp³-hybridized carbons (Fsp3) is 0.435. The molecule has 1 aliphatic rings. The lowest BCUT2D eigenvalue weighted by atomic mass is 10.0. The second-order valence-electron chi connectivity index (χ2n) is 7.78. The number of esters is 1. The Labute approximate surface area is 181 Å². The summed E-state index contributed by atoms with van der Waals surface area (Å²) in [6.07, 6.45) is 3.65. The topological polar surface area (TPSA) is 70.1 Å². The number of methoxy groups -OCH3 is 1. The van der Waals surface area contributed by atoms with Gasteiger partial charge in [0.25, 0.3) is 11.3 Å². The normalized spacial score (nSPS) is 18.7. The Balaban J connectivity index is 1.68. The number of rotatable bonds is 8. The molecule has 3 atom stereocenters. The van der Waals surface area contributed by atoms with Gasteiger partial charge in [-0.3, -0.25) is 8.86 Å². The van der Waals surface area contributed by atoms with E-state index in [2.05, 4.69) is 36.1 Å². The van der Waals surface area contributed by atoms with Gasteiger partial charge in [0, 0.05) is 12.6 Å². The van der Waals surface area contributed by atoms with Crippen molar-refractivity contribution in [1.29, 1.82) is 0 Å². The minimum atomic E-state index is -2.34. The van der Waals surface area contributed by atoms with Crippen molar-refractivity contribution in [2.45, 2.75) is 45.2 Å². The number of hydrogen-bond acceptors (Lipinski definition) is 4. The maximum absolute atomic E-state index is 11.8. The van der Waals surface area contributed by atoms with Crippen molar-refractivity contribution in [1.82, 2.24) is 4.90 Å². The second kappa shape index (κ2) is 10.2. The summed E-state index contributed by atoms with van der Waals surface area (Å²) in [5.74, 6) is -0.569. The highest BCUT2D eigenvalue weighted by atomic mass is 32.2. The molecule has 1 fully saturated rings. The first-order valence-corrected chi connectivity index (χ1v) is 11.4.